The van der Waals surface area contributed by atoms with Crippen LogP contribution in [0.15, 0.2) is 48.7 Å². The van der Waals surface area contributed by atoms with Gasteiger partial charge in [0, 0.05) is 18.8 Å². The molecular formula is C17H22ClN. The van der Waals surface area contributed by atoms with Crippen molar-refractivity contribution in [1.29, 1.82) is 0 Å². The Kier molecular flexibility index (Phi) is 4.71. The van der Waals surface area contributed by atoms with Gasteiger partial charge in [0.05, 0.1) is 0 Å². The summed E-state index contributed by atoms with van der Waals surface area (Å²) in [5.41, 5.74) is 4.64. The molecule has 3 aliphatic heterocycles. The molecule has 1 aromatic rings. The molecule has 2 bridgehead atoms. The second-order valence-corrected chi connectivity index (χ2v) is 5.32. The van der Waals surface area contributed by atoms with E-state index in [1.165, 1.54) is 31.5 Å². The lowest BCUT2D eigenvalue weighted by Gasteiger charge is -2.44. The van der Waals surface area contributed by atoms with Crippen LogP contribution in [0.1, 0.15) is 31.2 Å². The molecule has 0 N–H and O–H groups in total. The summed E-state index contributed by atoms with van der Waals surface area (Å²) in [5.74, 6) is 0.789. The highest BCUT2D eigenvalue weighted by molar-refractivity contribution is 5.85. The second kappa shape index (κ2) is 6.29. The highest BCUT2D eigenvalue weighted by Crippen LogP contribution is 2.42. The summed E-state index contributed by atoms with van der Waals surface area (Å²) in [6.45, 7) is 6.38. The molecule has 0 amide bonds. The normalized spacial score (nSPS) is 18.4. The van der Waals surface area contributed by atoms with Gasteiger partial charge in [-0.1, -0.05) is 36.4 Å². The van der Waals surface area contributed by atoms with Crippen LogP contribution >= 0.6 is 12.4 Å². The highest BCUT2D eigenvalue weighted by atomic mass is 35.5. The van der Waals surface area contributed by atoms with Crippen molar-refractivity contribution in [2.24, 2.45) is 5.92 Å². The average Bonchev–Trinajstić information content (AvgIpc) is 2.46. The number of halogens is 1. The van der Waals surface area contributed by atoms with Gasteiger partial charge in [-0.15, -0.1) is 19.0 Å². The van der Waals surface area contributed by atoms with Gasteiger partial charge >= 0.3 is 0 Å². The van der Waals surface area contributed by atoms with E-state index in [0.717, 1.165) is 18.8 Å². The van der Waals surface area contributed by atoms with E-state index in [1.807, 2.05) is 6.08 Å². The van der Waals surface area contributed by atoms with Gasteiger partial charge in [-0.2, -0.15) is 0 Å². The number of hydrogen-bond donors (Lipinski definition) is 0. The Labute approximate surface area is 122 Å². The molecule has 0 saturated carbocycles. The lowest BCUT2D eigenvalue weighted by molar-refractivity contribution is 0.222. The monoisotopic (exact) mass is 275 g/mol. The summed E-state index contributed by atoms with van der Waals surface area (Å²) in [5, 5.41) is 0. The van der Waals surface area contributed by atoms with Crippen molar-refractivity contribution >= 4 is 18.0 Å². The summed E-state index contributed by atoms with van der Waals surface area (Å²) in [4.78, 5) is 2.60. The van der Waals surface area contributed by atoms with Crippen LogP contribution in [0.5, 0.6) is 0 Å². The van der Waals surface area contributed by atoms with Gasteiger partial charge in [0.1, 0.15) is 0 Å². The minimum atomic E-state index is 0. The Balaban J connectivity index is 0.00000133. The first-order chi connectivity index (χ1) is 8.90. The van der Waals surface area contributed by atoms with Gasteiger partial charge in [0.2, 0.25) is 0 Å². The minimum Gasteiger partial charge on any atom is -0.375 e. The third kappa shape index (κ3) is 2.71. The summed E-state index contributed by atoms with van der Waals surface area (Å²) in [6.07, 6.45) is 6.96. The van der Waals surface area contributed by atoms with Gasteiger partial charge < -0.3 is 4.90 Å². The largest absolute Gasteiger partial charge is 0.375 e. The molecule has 2 heteroatoms. The summed E-state index contributed by atoms with van der Waals surface area (Å²) in [7, 11) is 0. The van der Waals surface area contributed by atoms with E-state index in [1.54, 1.807) is 11.3 Å². The van der Waals surface area contributed by atoms with E-state index < -0.39 is 0 Å². The Morgan fingerprint density at radius 3 is 2.47 bits per heavy atom. The first kappa shape index (κ1) is 14.2. The van der Waals surface area contributed by atoms with Crippen LogP contribution in [-0.2, 0) is 0 Å². The van der Waals surface area contributed by atoms with Crippen LogP contribution < -0.4 is 0 Å². The van der Waals surface area contributed by atoms with Gasteiger partial charge in [-0.05, 0) is 42.7 Å². The first-order valence-electron chi connectivity index (χ1n) is 7.04. The molecule has 0 unspecified atom stereocenters. The van der Waals surface area contributed by atoms with Gasteiger partial charge in [0.15, 0.2) is 0 Å². The molecule has 0 spiro atoms. The van der Waals surface area contributed by atoms with Crippen LogP contribution in [-0.4, -0.2) is 18.0 Å². The van der Waals surface area contributed by atoms with E-state index >= 15 is 0 Å². The Morgan fingerprint density at radius 1 is 1.16 bits per heavy atom. The maximum atomic E-state index is 3.86. The molecule has 0 radical (unpaired) electrons. The molecule has 3 heterocycles. The number of rotatable bonds is 4. The maximum absolute atomic E-state index is 3.86. The van der Waals surface area contributed by atoms with E-state index in [0.29, 0.717) is 0 Å². The lowest BCUT2D eigenvalue weighted by Crippen LogP contribution is -2.39. The molecular weight excluding hydrogens is 254 g/mol. The Morgan fingerprint density at radius 2 is 1.84 bits per heavy atom. The van der Waals surface area contributed by atoms with Crippen molar-refractivity contribution in [3.63, 3.8) is 0 Å². The van der Waals surface area contributed by atoms with Crippen LogP contribution in [0, 0.1) is 5.92 Å². The van der Waals surface area contributed by atoms with Crippen molar-refractivity contribution in [2.75, 3.05) is 13.1 Å². The fourth-order valence-electron chi connectivity index (χ4n) is 3.40. The third-order valence-electron chi connectivity index (χ3n) is 4.27. The standard InChI is InChI=1S/C17H21N.ClH/c1-2-3-9-16-17(14-7-5-4-6-8-14)15-10-12-18(16)13-11-15;/h2,4-8,15H,1,3,9-13H2;1H. The zero-order valence-electron chi connectivity index (χ0n) is 11.3. The Hall–Kier alpha value is -1.21. The summed E-state index contributed by atoms with van der Waals surface area (Å²) in [6, 6.07) is 11.0. The molecule has 3 aliphatic rings. The second-order valence-electron chi connectivity index (χ2n) is 5.32. The van der Waals surface area contributed by atoms with Crippen molar-refractivity contribution in [3.8, 4) is 0 Å². The smallest absolute Gasteiger partial charge is 0.0180 e. The van der Waals surface area contributed by atoms with E-state index in [-0.39, 0.29) is 12.4 Å². The number of nitrogens with zero attached hydrogens (tertiary/aromatic N) is 1. The summed E-state index contributed by atoms with van der Waals surface area (Å²) >= 11 is 0. The fourth-order valence-corrected chi connectivity index (χ4v) is 3.40. The molecule has 0 atom stereocenters. The fraction of sp³-hybridized carbons (Fsp3) is 0.412. The van der Waals surface area contributed by atoms with Crippen molar-refractivity contribution in [3.05, 3.63) is 54.2 Å². The van der Waals surface area contributed by atoms with E-state index in [4.69, 9.17) is 0 Å². The molecule has 19 heavy (non-hydrogen) atoms. The molecule has 0 aromatic heterocycles. The highest BCUT2D eigenvalue weighted by Gasteiger charge is 2.32. The van der Waals surface area contributed by atoms with Gasteiger partial charge in [-0.3, -0.25) is 0 Å². The van der Waals surface area contributed by atoms with Crippen molar-refractivity contribution < 1.29 is 0 Å². The van der Waals surface area contributed by atoms with E-state index in [9.17, 15) is 0 Å². The lowest BCUT2D eigenvalue weighted by atomic mass is 9.78. The molecule has 102 valence electrons. The number of piperidine rings is 1. The SMILES string of the molecule is C=CCCC1=C(c2ccccc2)C2CCN1CC2.Cl. The first-order valence-corrected chi connectivity index (χ1v) is 7.04. The van der Waals surface area contributed by atoms with Crippen molar-refractivity contribution in [1.82, 2.24) is 4.90 Å². The zero-order chi connectivity index (χ0) is 12.4. The molecule has 0 aliphatic carbocycles. The quantitative estimate of drug-likeness (QED) is 0.731. The molecule has 1 saturated heterocycles. The predicted molar refractivity (Wildman–Crippen MR) is 84.3 cm³/mol. The molecule has 1 aromatic carbocycles. The van der Waals surface area contributed by atoms with Crippen molar-refractivity contribution in [2.45, 2.75) is 25.7 Å². The van der Waals surface area contributed by atoms with Crippen LogP contribution in [0.25, 0.3) is 5.57 Å². The number of benzene rings is 1. The third-order valence-corrected chi connectivity index (χ3v) is 4.27. The summed E-state index contributed by atoms with van der Waals surface area (Å²) < 4.78 is 0. The number of allylic oxidation sites excluding steroid dienone is 3. The van der Waals surface area contributed by atoms with Gasteiger partial charge in [-0.25, -0.2) is 0 Å². The van der Waals surface area contributed by atoms with Crippen LogP contribution in [0.4, 0.5) is 0 Å². The van der Waals surface area contributed by atoms with Gasteiger partial charge in [0.25, 0.3) is 0 Å². The maximum Gasteiger partial charge on any atom is 0.0180 e. The van der Waals surface area contributed by atoms with Crippen LogP contribution in [0.3, 0.4) is 0 Å². The molecule has 1 nitrogen and oxygen atoms in total. The minimum absolute atomic E-state index is 0. The average molecular weight is 276 g/mol. The Bertz CT molecular complexity index is 455. The van der Waals surface area contributed by atoms with E-state index in [2.05, 4.69) is 41.8 Å². The molecule has 4 rings (SSSR count). The molecule has 1 fully saturated rings. The topological polar surface area (TPSA) is 3.24 Å². The number of hydrogen-bond acceptors (Lipinski definition) is 1. The van der Waals surface area contributed by atoms with Crippen LogP contribution in [0.2, 0.25) is 0 Å². The predicted octanol–water partition coefficient (Wildman–Crippen LogP) is 4.51. The number of fused-ring (bicyclic) bond motifs is 2. The zero-order valence-corrected chi connectivity index (χ0v) is 12.2.